The Morgan fingerprint density at radius 2 is 2.00 bits per heavy atom. The maximum atomic E-state index is 13.4. The highest BCUT2D eigenvalue weighted by atomic mass is 19.1. The summed E-state index contributed by atoms with van der Waals surface area (Å²) in [6.45, 7) is 4.40. The highest BCUT2D eigenvalue weighted by Crippen LogP contribution is 2.22. The van der Waals surface area contributed by atoms with E-state index in [2.05, 4.69) is 10.3 Å². The van der Waals surface area contributed by atoms with Gasteiger partial charge in [0.2, 0.25) is 5.88 Å². The van der Waals surface area contributed by atoms with E-state index in [0.717, 1.165) is 17.8 Å². The average Bonchev–Trinajstić information content (AvgIpc) is 2.37. The van der Waals surface area contributed by atoms with Crippen LogP contribution in [0.4, 0.5) is 4.39 Å². The summed E-state index contributed by atoms with van der Waals surface area (Å²) in [6, 6.07) is 8.54. The third kappa shape index (κ3) is 3.29. The third-order valence-corrected chi connectivity index (χ3v) is 2.90. The Bertz CT molecular complexity index is 584. The van der Waals surface area contributed by atoms with Crippen LogP contribution in [0.25, 0.3) is 0 Å². The molecule has 0 unspecified atom stereocenters. The molecule has 0 atom stereocenters. The van der Waals surface area contributed by atoms with E-state index in [-0.39, 0.29) is 5.82 Å². The van der Waals surface area contributed by atoms with E-state index in [0.29, 0.717) is 17.2 Å². The van der Waals surface area contributed by atoms with Crippen LogP contribution in [0.5, 0.6) is 11.6 Å². The van der Waals surface area contributed by atoms with Crippen molar-refractivity contribution in [2.45, 2.75) is 20.4 Å². The number of benzene rings is 1. The van der Waals surface area contributed by atoms with Gasteiger partial charge in [-0.15, -0.1) is 0 Å². The van der Waals surface area contributed by atoms with Crippen molar-refractivity contribution in [3.8, 4) is 11.6 Å². The fourth-order valence-corrected chi connectivity index (χ4v) is 1.76. The smallest absolute Gasteiger partial charge is 0.219 e. The minimum absolute atomic E-state index is 0.277. The van der Waals surface area contributed by atoms with Crippen molar-refractivity contribution < 1.29 is 9.13 Å². The van der Waals surface area contributed by atoms with Crippen molar-refractivity contribution in [2.24, 2.45) is 0 Å². The highest BCUT2D eigenvalue weighted by molar-refractivity contribution is 5.32. The largest absolute Gasteiger partial charge is 0.439 e. The lowest BCUT2D eigenvalue weighted by molar-refractivity contribution is 0.455. The molecule has 1 heterocycles. The summed E-state index contributed by atoms with van der Waals surface area (Å²) in [5.74, 6) is 0.651. The first kappa shape index (κ1) is 13.5. The number of hydrogen-bond acceptors (Lipinski definition) is 3. The molecular weight excluding hydrogens is 243 g/mol. The Hall–Kier alpha value is -1.94. The summed E-state index contributed by atoms with van der Waals surface area (Å²) in [5.41, 5.74) is 2.62. The molecule has 3 nitrogen and oxygen atoms in total. The standard InChI is InChI=1S/C15H17FN2O/c1-10-4-6-13(8-14(10)16)19-15-7-5-12(9-17-3)11(2)18-15/h4-8,17H,9H2,1-3H3. The molecule has 100 valence electrons. The van der Waals surface area contributed by atoms with Gasteiger partial charge in [0, 0.05) is 24.4 Å². The first-order chi connectivity index (χ1) is 9.10. The molecule has 1 aromatic heterocycles. The van der Waals surface area contributed by atoms with Crippen molar-refractivity contribution in [3.05, 3.63) is 53.0 Å². The Morgan fingerprint density at radius 1 is 1.21 bits per heavy atom. The maximum Gasteiger partial charge on any atom is 0.219 e. The topological polar surface area (TPSA) is 34.1 Å². The summed E-state index contributed by atoms with van der Waals surface area (Å²) >= 11 is 0. The lowest BCUT2D eigenvalue weighted by atomic mass is 10.2. The van der Waals surface area contributed by atoms with Crippen molar-refractivity contribution >= 4 is 0 Å². The molecule has 0 spiro atoms. The van der Waals surface area contributed by atoms with Crippen molar-refractivity contribution in [2.75, 3.05) is 7.05 Å². The summed E-state index contributed by atoms with van der Waals surface area (Å²) in [7, 11) is 1.89. The second-order valence-corrected chi connectivity index (χ2v) is 4.44. The lowest BCUT2D eigenvalue weighted by Gasteiger charge is -2.09. The molecule has 1 N–H and O–H groups in total. The van der Waals surface area contributed by atoms with Crippen molar-refractivity contribution in [1.82, 2.24) is 10.3 Å². The number of ether oxygens (including phenoxy) is 1. The third-order valence-electron chi connectivity index (χ3n) is 2.90. The van der Waals surface area contributed by atoms with Crippen LogP contribution in [-0.2, 0) is 6.54 Å². The van der Waals surface area contributed by atoms with Crippen LogP contribution in [0.1, 0.15) is 16.8 Å². The van der Waals surface area contributed by atoms with Gasteiger partial charge in [0.15, 0.2) is 0 Å². The van der Waals surface area contributed by atoms with E-state index >= 15 is 0 Å². The minimum atomic E-state index is -0.277. The molecule has 2 aromatic rings. The normalized spacial score (nSPS) is 10.5. The molecule has 0 aliphatic rings. The maximum absolute atomic E-state index is 13.4. The molecule has 0 fully saturated rings. The summed E-state index contributed by atoms with van der Waals surface area (Å²) in [5, 5.41) is 3.08. The van der Waals surface area contributed by atoms with Crippen LogP contribution in [0, 0.1) is 19.7 Å². The monoisotopic (exact) mass is 260 g/mol. The van der Waals surface area contributed by atoms with Crippen LogP contribution < -0.4 is 10.1 Å². The quantitative estimate of drug-likeness (QED) is 0.915. The second kappa shape index (κ2) is 5.80. The number of nitrogens with one attached hydrogen (secondary N) is 1. The van der Waals surface area contributed by atoms with Gasteiger partial charge in [0.05, 0.1) is 0 Å². The Kier molecular flexibility index (Phi) is 4.12. The Balaban J connectivity index is 2.19. The van der Waals surface area contributed by atoms with Gasteiger partial charge in [0.25, 0.3) is 0 Å². The van der Waals surface area contributed by atoms with E-state index in [9.17, 15) is 4.39 Å². The zero-order valence-corrected chi connectivity index (χ0v) is 11.3. The van der Waals surface area contributed by atoms with Gasteiger partial charge in [0.1, 0.15) is 11.6 Å². The van der Waals surface area contributed by atoms with E-state index in [4.69, 9.17) is 4.74 Å². The Morgan fingerprint density at radius 3 is 2.63 bits per heavy atom. The van der Waals surface area contributed by atoms with Gasteiger partial charge < -0.3 is 10.1 Å². The molecule has 0 aliphatic heterocycles. The molecule has 1 aromatic carbocycles. The van der Waals surface area contributed by atoms with Crippen LogP contribution in [-0.4, -0.2) is 12.0 Å². The summed E-state index contributed by atoms with van der Waals surface area (Å²) in [4.78, 5) is 4.35. The number of rotatable bonds is 4. The number of pyridine rings is 1. The number of aryl methyl sites for hydroxylation is 2. The molecule has 2 rings (SSSR count). The first-order valence-corrected chi connectivity index (χ1v) is 6.15. The summed E-state index contributed by atoms with van der Waals surface area (Å²) in [6.07, 6.45) is 0. The minimum Gasteiger partial charge on any atom is -0.439 e. The van der Waals surface area contributed by atoms with Crippen LogP contribution >= 0.6 is 0 Å². The van der Waals surface area contributed by atoms with E-state index in [1.165, 1.54) is 6.07 Å². The van der Waals surface area contributed by atoms with Crippen molar-refractivity contribution in [1.29, 1.82) is 0 Å². The summed E-state index contributed by atoms with van der Waals surface area (Å²) < 4.78 is 19.0. The van der Waals surface area contributed by atoms with Crippen LogP contribution in [0.15, 0.2) is 30.3 Å². The molecule has 0 amide bonds. The van der Waals surface area contributed by atoms with Gasteiger partial charge >= 0.3 is 0 Å². The molecule has 0 bridgehead atoms. The molecule has 0 saturated heterocycles. The molecule has 0 radical (unpaired) electrons. The average molecular weight is 260 g/mol. The predicted molar refractivity (Wildman–Crippen MR) is 72.9 cm³/mol. The van der Waals surface area contributed by atoms with E-state index < -0.39 is 0 Å². The van der Waals surface area contributed by atoms with Crippen molar-refractivity contribution in [3.63, 3.8) is 0 Å². The zero-order chi connectivity index (χ0) is 13.8. The highest BCUT2D eigenvalue weighted by Gasteiger charge is 2.05. The predicted octanol–water partition coefficient (Wildman–Crippen LogP) is 3.35. The second-order valence-electron chi connectivity index (χ2n) is 4.44. The number of halogens is 1. The zero-order valence-electron chi connectivity index (χ0n) is 11.3. The van der Waals surface area contributed by atoms with Gasteiger partial charge in [-0.25, -0.2) is 9.37 Å². The SMILES string of the molecule is CNCc1ccc(Oc2ccc(C)c(F)c2)nc1C. The number of aromatic nitrogens is 1. The molecule has 4 heteroatoms. The van der Waals surface area contributed by atoms with Gasteiger partial charge in [-0.05, 0) is 38.1 Å². The number of hydrogen-bond donors (Lipinski definition) is 1. The molecule has 0 aliphatic carbocycles. The fourth-order valence-electron chi connectivity index (χ4n) is 1.76. The van der Waals surface area contributed by atoms with E-state index in [1.807, 2.05) is 20.0 Å². The fraction of sp³-hybridized carbons (Fsp3) is 0.267. The van der Waals surface area contributed by atoms with Crippen LogP contribution in [0.3, 0.4) is 0 Å². The van der Waals surface area contributed by atoms with E-state index in [1.54, 1.807) is 25.1 Å². The van der Waals surface area contributed by atoms with Crippen LogP contribution in [0.2, 0.25) is 0 Å². The molecule has 0 saturated carbocycles. The van der Waals surface area contributed by atoms with Gasteiger partial charge in [-0.3, -0.25) is 0 Å². The lowest BCUT2D eigenvalue weighted by Crippen LogP contribution is -2.07. The molecule has 19 heavy (non-hydrogen) atoms. The first-order valence-electron chi connectivity index (χ1n) is 6.15. The molecular formula is C15H17FN2O. The van der Waals surface area contributed by atoms with Gasteiger partial charge in [-0.1, -0.05) is 12.1 Å². The van der Waals surface area contributed by atoms with Gasteiger partial charge in [-0.2, -0.15) is 0 Å². The number of nitrogens with zero attached hydrogens (tertiary/aromatic N) is 1. The Labute approximate surface area is 112 Å².